The molecule has 0 aliphatic carbocycles. The third-order valence-corrected chi connectivity index (χ3v) is 3.59. The van der Waals surface area contributed by atoms with Crippen LogP contribution in [0.2, 0.25) is 0 Å². The molecule has 0 unspecified atom stereocenters. The number of phenols is 2. The first-order chi connectivity index (χ1) is 11.5. The van der Waals surface area contributed by atoms with Gasteiger partial charge in [0.2, 0.25) is 16.9 Å². The van der Waals surface area contributed by atoms with Crippen molar-refractivity contribution in [3.8, 4) is 11.5 Å². The van der Waals surface area contributed by atoms with E-state index in [1.807, 2.05) is 0 Å². The zero-order valence-electron chi connectivity index (χ0n) is 12.7. The van der Waals surface area contributed by atoms with Gasteiger partial charge in [0.25, 0.3) is 0 Å². The number of carbonyl (C=O) groups is 2. The van der Waals surface area contributed by atoms with Crippen LogP contribution >= 0.6 is 11.3 Å². The highest BCUT2D eigenvalue weighted by Gasteiger charge is 2.10. The van der Waals surface area contributed by atoms with Crippen molar-refractivity contribution in [1.29, 1.82) is 0 Å². The minimum Gasteiger partial charge on any atom is -0.504 e. The molecule has 0 spiro atoms. The Morgan fingerprint density at radius 2 is 2.04 bits per heavy atom. The van der Waals surface area contributed by atoms with Gasteiger partial charge in [-0.1, -0.05) is 18.3 Å². The van der Waals surface area contributed by atoms with E-state index in [4.69, 9.17) is 0 Å². The number of carbonyl (C=O) groups excluding carboxylic acids is 2. The number of phenolic OH excluding ortho intramolecular Hbond substituents is 2. The van der Waals surface area contributed by atoms with Crippen LogP contribution in [-0.2, 0) is 16.0 Å². The number of nitrogens with zero attached hydrogens (tertiary/aromatic N) is 3. The first-order valence-corrected chi connectivity index (χ1v) is 7.75. The van der Waals surface area contributed by atoms with Crippen molar-refractivity contribution >= 4 is 34.5 Å². The van der Waals surface area contributed by atoms with Gasteiger partial charge in [-0.2, -0.15) is 5.10 Å². The Morgan fingerprint density at radius 1 is 1.25 bits per heavy atom. The van der Waals surface area contributed by atoms with Crippen molar-refractivity contribution < 1.29 is 19.8 Å². The van der Waals surface area contributed by atoms with Crippen molar-refractivity contribution in [3.05, 3.63) is 28.8 Å². The van der Waals surface area contributed by atoms with Crippen LogP contribution in [0.3, 0.4) is 0 Å². The molecule has 0 bridgehead atoms. The topological polar surface area (TPSA) is 137 Å². The van der Waals surface area contributed by atoms with E-state index in [1.54, 1.807) is 6.92 Å². The summed E-state index contributed by atoms with van der Waals surface area (Å²) in [6, 6.07) is 4.14. The molecule has 9 nitrogen and oxygen atoms in total. The molecule has 0 aliphatic heterocycles. The van der Waals surface area contributed by atoms with Gasteiger partial charge in [0.15, 0.2) is 11.5 Å². The second-order valence-electron chi connectivity index (χ2n) is 4.62. The smallest absolute Gasteiger partial charge is 0.247 e. The number of hydrazone groups is 1. The Morgan fingerprint density at radius 3 is 2.75 bits per heavy atom. The zero-order chi connectivity index (χ0) is 17.5. The Hall–Kier alpha value is -3.01. The molecule has 0 atom stereocenters. The Balaban J connectivity index is 1.85. The SMILES string of the molecule is CCC(=O)Nc1nnc(CC(=O)N/N=C\c2ccc(O)c(O)c2)s1. The zero-order valence-corrected chi connectivity index (χ0v) is 13.5. The minimum atomic E-state index is -0.404. The fourth-order valence-corrected chi connectivity index (χ4v) is 2.31. The van der Waals surface area contributed by atoms with Gasteiger partial charge in [-0.3, -0.25) is 9.59 Å². The van der Waals surface area contributed by atoms with Crippen LogP contribution in [0.5, 0.6) is 11.5 Å². The van der Waals surface area contributed by atoms with E-state index in [1.165, 1.54) is 24.4 Å². The van der Waals surface area contributed by atoms with Crippen LogP contribution in [0.25, 0.3) is 0 Å². The van der Waals surface area contributed by atoms with Gasteiger partial charge in [0, 0.05) is 6.42 Å². The molecule has 4 N–H and O–H groups in total. The molecule has 0 aliphatic rings. The number of aromatic nitrogens is 2. The molecule has 2 aromatic rings. The van der Waals surface area contributed by atoms with Crippen LogP contribution in [0.4, 0.5) is 5.13 Å². The number of hydrogen-bond donors (Lipinski definition) is 4. The van der Waals surface area contributed by atoms with E-state index in [0.29, 0.717) is 22.1 Å². The highest BCUT2D eigenvalue weighted by molar-refractivity contribution is 7.15. The van der Waals surface area contributed by atoms with Gasteiger partial charge in [0.1, 0.15) is 5.01 Å². The number of benzene rings is 1. The van der Waals surface area contributed by atoms with Crippen molar-refractivity contribution in [2.24, 2.45) is 5.10 Å². The summed E-state index contributed by atoms with van der Waals surface area (Å²) in [6.45, 7) is 1.72. The van der Waals surface area contributed by atoms with Gasteiger partial charge in [-0.15, -0.1) is 10.2 Å². The number of amides is 2. The summed E-state index contributed by atoms with van der Waals surface area (Å²) < 4.78 is 0. The molecular weight excluding hydrogens is 334 g/mol. The maximum Gasteiger partial charge on any atom is 0.247 e. The lowest BCUT2D eigenvalue weighted by atomic mass is 10.2. The molecule has 1 aromatic heterocycles. The van der Waals surface area contributed by atoms with E-state index in [2.05, 4.69) is 26.0 Å². The second-order valence-corrected chi connectivity index (χ2v) is 5.68. The molecule has 24 heavy (non-hydrogen) atoms. The molecule has 0 saturated carbocycles. The maximum atomic E-state index is 11.7. The monoisotopic (exact) mass is 349 g/mol. The van der Waals surface area contributed by atoms with E-state index in [0.717, 1.165) is 11.3 Å². The van der Waals surface area contributed by atoms with Crippen molar-refractivity contribution in [3.63, 3.8) is 0 Å². The largest absolute Gasteiger partial charge is 0.504 e. The van der Waals surface area contributed by atoms with Crippen LogP contribution < -0.4 is 10.7 Å². The van der Waals surface area contributed by atoms with E-state index >= 15 is 0 Å². The molecule has 0 fully saturated rings. The van der Waals surface area contributed by atoms with Crippen LogP contribution in [0, 0.1) is 0 Å². The molecule has 0 radical (unpaired) electrons. The number of rotatable bonds is 6. The van der Waals surface area contributed by atoms with Crippen LogP contribution in [0.1, 0.15) is 23.9 Å². The van der Waals surface area contributed by atoms with Gasteiger partial charge in [0.05, 0.1) is 12.6 Å². The fraction of sp³-hybridized carbons (Fsp3) is 0.214. The van der Waals surface area contributed by atoms with Gasteiger partial charge in [-0.05, 0) is 23.8 Å². The first kappa shape index (κ1) is 17.3. The Kier molecular flexibility index (Phi) is 5.79. The molecule has 126 valence electrons. The molecule has 2 rings (SSSR count). The molecule has 1 aromatic carbocycles. The summed E-state index contributed by atoms with van der Waals surface area (Å²) in [7, 11) is 0. The average Bonchev–Trinajstić information content (AvgIpc) is 2.97. The summed E-state index contributed by atoms with van der Waals surface area (Å²) in [5.41, 5.74) is 2.82. The highest BCUT2D eigenvalue weighted by atomic mass is 32.1. The molecule has 1 heterocycles. The number of anilines is 1. The molecule has 0 saturated heterocycles. The fourth-order valence-electron chi connectivity index (χ4n) is 1.56. The van der Waals surface area contributed by atoms with E-state index in [9.17, 15) is 19.8 Å². The third kappa shape index (κ3) is 5.02. The molecule has 2 amide bonds. The number of hydrogen-bond acceptors (Lipinski definition) is 8. The lowest BCUT2D eigenvalue weighted by Crippen LogP contribution is -2.19. The predicted octanol–water partition coefficient (Wildman–Crippen LogP) is 0.991. The van der Waals surface area contributed by atoms with Gasteiger partial charge >= 0.3 is 0 Å². The van der Waals surface area contributed by atoms with E-state index < -0.39 is 5.91 Å². The van der Waals surface area contributed by atoms with Crippen LogP contribution in [-0.4, -0.2) is 38.4 Å². The van der Waals surface area contributed by atoms with Crippen LogP contribution in [0.15, 0.2) is 23.3 Å². The van der Waals surface area contributed by atoms with Gasteiger partial charge in [-0.25, -0.2) is 5.43 Å². The van der Waals surface area contributed by atoms with Gasteiger partial charge < -0.3 is 15.5 Å². The predicted molar refractivity (Wildman–Crippen MR) is 88.0 cm³/mol. The Bertz CT molecular complexity index is 774. The second kappa shape index (κ2) is 8.02. The average molecular weight is 349 g/mol. The molecule has 10 heteroatoms. The number of nitrogens with one attached hydrogen (secondary N) is 2. The first-order valence-electron chi connectivity index (χ1n) is 6.94. The summed E-state index contributed by atoms with van der Waals surface area (Å²) in [5.74, 6) is -1.10. The van der Waals surface area contributed by atoms with E-state index in [-0.39, 0.29) is 23.8 Å². The quantitative estimate of drug-likeness (QED) is 0.349. The third-order valence-electron chi connectivity index (χ3n) is 2.75. The summed E-state index contributed by atoms with van der Waals surface area (Å²) in [6.07, 6.45) is 1.62. The highest BCUT2D eigenvalue weighted by Crippen LogP contribution is 2.23. The summed E-state index contributed by atoms with van der Waals surface area (Å²) in [4.78, 5) is 23.0. The molecular formula is C14H15N5O4S. The normalized spacial score (nSPS) is 10.7. The van der Waals surface area contributed by atoms with Crippen molar-refractivity contribution in [2.75, 3.05) is 5.32 Å². The lowest BCUT2D eigenvalue weighted by Gasteiger charge is -1.99. The standard InChI is InChI=1S/C14H15N5O4S/c1-2-11(22)16-14-19-18-13(24-14)6-12(23)17-15-7-8-3-4-9(20)10(21)5-8/h3-5,7,20-21H,2,6H2,1H3,(H,17,23)(H,16,19,22)/b15-7-. The maximum absolute atomic E-state index is 11.7. The Labute approximate surface area is 141 Å². The number of aromatic hydroxyl groups is 2. The van der Waals surface area contributed by atoms with Crippen molar-refractivity contribution in [2.45, 2.75) is 19.8 Å². The lowest BCUT2D eigenvalue weighted by molar-refractivity contribution is -0.120. The summed E-state index contributed by atoms with van der Waals surface area (Å²) >= 11 is 1.11. The minimum absolute atomic E-state index is 0.0299. The summed E-state index contributed by atoms with van der Waals surface area (Å²) in [5, 5.41) is 33.2. The van der Waals surface area contributed by atoms with Crippen molar-refractivity contribution in [1.82, 2.24) is 15.6 Å².